The van der Waals surface area contributed by atoms with Gasteiger partial charge in [-0.15, -0.1) is 0 Å². The molecular formula is C14H18N2O. The first-order chi connectivity index (χ1) is 8.25. The van der Waals surface area contributed by atoms with E-state index < -0.39 is 0 Å². The van der Waals surface area contributed by atoms with Crippen LogP contribution in [-0.4, -0.2) is 21.8 Å². The topological polar surface area (TPSA) is 33.2 Å². The lowest BCUT2D eigenvalue weighted by molar-refractivity contribution is -0.134. The third kappa shape index (κ3) is 2.33. The Morgan fingerprint density at radius 2 is 2.24 bits per heavy atom. The molecule has 1 amide bonds. The summed E-state index contributed by atoms with van der Waals surface area (Å²) in [4.78, 5) is 18.7. The molecule has 3 heteroatoms. The third-order valence-electron chi connectivity index (χ3n) is 3.76. The van der Waals surface area contributed by atoms with E-state index >= 15 is 0 Å². The van der Waals surface area contributed by atoms with Gasteiger partial charge in [-0.3, -0.25) is 9.78 Å². The number of nitrogens with zero attached hydrogens (tertiary/aromatic N) is 2. The first-order valence-electron chi connectivity index (χ1n) is 6.46. The lowest BCUT2D eigenvalue weighted by atomic mass is 10.2. The SMILES string of the molecule is C[C@@H]1C[C@@H]1C(=O)N(Cc1ccccn1)C1CC1. The Balaban J connectivity index is 1.70. The highest BCUT2D eigenvalue weighted by Crippen LogP contribution is 2.41. The summed E-state index contributed by atoms with van der Waals surface area (Å²) < 4.78 is 0. The molecule has 2 atom stereocenters. The second kappa shape index (κ2) is 4.13. The molecule has 3 rings (SSSR count). The highest BCUT2D eigenvalue weighted by Gasteiger charge is 2.45. The van der Waals surface area contributed by atoms with E-state index in [1.54, 1.807) is 6.20 Å². The second-order valence-electron chi connectivity index (χ2n) is 5.34. The van der Waals surface area contributed by atoms with Crippen LogP contribution in [0.4, 0.5) is 0 Å². The third-order valence-corrected chi connectivity index (χ3v) is 3.76. The van der Waals surface area contributed by atoms with E-state index in [1.165, 1.54) is 12.8 Å². The average molecular weight is 230 g/mol. The fraction of sp³-hybridized carbons (Fsp3) is 0.571. The van der Waals surface area contributed by atoms with Crippen LogP contribution in [0.1, 0.15) is 31.9 Å². The summed E-state index contributed by atoms with van der Waals surface area (Å²) in [6.07, 6.45) is 5.20. The highest BCUT2D eigenvalue weighted by molar-refractivity contribution is 5.82. The Hall–Kier alpha value is -1.38. The van der Waals surface area contributed by atoms with Crippen molar-refractivity contribution >= 4 is 5.91 Å². The normalized spacial score (nSPS) is 26.6. The summed E-state index contributed by atoms with van der Waals surface area (Å²) in [5.41, 5.74) is 1.00. The van der Waals surface area contributed by atoms with E-state index in [-0.39, 0.29) is 0 Å². The molecule has 0 saturated heterocycles. The molecule has 2 saturated carbocycles. The van der Waals surface area contributed by atoms with Gasteiger partial charge in [-0.05, 0) is 37.3 Å². The fourth-order valence-corrected chi connectivity index (χ4v) is 2.32. The van der Waals surface area contributed by atoms with Gasteiger partial charge in [-0.1, -0.05) is 13.0 Å². The van der Waals surface area contributed by atoms with Crippen molar-refractivity contribution in [2.24, 2.45) is 11.8 Å². The monoisotopic (exact) mass is 230 g/mol. The Morgan fingerprint density at radius 1 is 1.47 bits per heavy atom. The maximum absolute atomic E-state index is 12.3. The summed E-state index contributed by atoms with van der Waals surface area (Å²) in [6, 6.07) is 6.38. The van der Waals surface area contributed by atoms with Crippen LogP contribution >= 0.6 is 0 Å². The van der Waals surface area contributed by atoms with Crippen LogP contribution in [-0.2, 0) is 11.3 Å². The predicted molar refractivity (Wildman–Crippen MR) is 65.1 cm³/mol. The van der Waals surface area contributed by atoms with Crippen molar-refractivity contribution in [3.63, 3.8) is 0 Å². The van der Waals surface area contributed by atoms with Gasteiger partial charge in [-0.25, -0.2) is 0 Å². The lowest BCUT2D eigenvalue weighted by Gasteiger charge is -2.22. The number of carbonyl (C=O) groups excluding carboxylic acids is 1. The van der Waals surface area contributed by atoms with E-state index in [4.69, 9.17) is 0 Å². The van der Waals surface area contributed by atoms with Crippen LogP contribution in [0.5, 0.6) is 0 Å². The number of aromatic nitrogens is 1. The summed E-state index contributed by atoms with van der Waals surface area (Å²) in [6.45, 7) is 2.85. The van der Waals surface area contributed by atoms with Gasteiger partial charge in [0.25, 0.3) is 0 Å². The first-order valence-corrected chi connectivity index (χ1v) is 6.46. The second-order valence-corrected chi connectivity index (χ2v) is 5.34. The minimum absolute atomic E-state index is 0.291. The molecule has 0 spiro atoms. The molecule has 3 nitrogen and oxygen atoms in total. The number of pyridine rings is 1. The van der Waals surface area contributed by atoms with Crippen molar-refractivity contribution in [1.82, 2.24) is 9.88 Å². The maximum Gasteiger partial charge on any atom is 0.226 e. The molecule has 1 aromatic heterocycles. The minimum atomic E-state index is 0.291. The zero-order valence-corrected chi connectivity index (χ0v) is 10.2. The van der Waals surface area contributed by atoms with Gasteiger partial charge >= 0.3 is 0 Å². The van der Waals surface area contributed by atoms with Crippen LogP contribution < -0.4 is 0 Å². The van der Waals surface area contributed by atoms with Gasteiger partial charge in [0.05, 0.1) is 12.2 Å². The number of hydrogen-bond donors (Lipinski definition) is 0. The van der Waals surface area contributed by atoms with E-state index in [9.17, 15) is 4.79 Å². The molecule has 0 N–H and O–H groups in total. The van der Waals surface area contributed by atoms with E-state index in [0.29, 0.717) is 30.3 Å². The fourth-order valence-electron chi connectivity index (χ4n) is 2.32. The van der Waals surface area contributed by atoms with Crippen LogP contribution in [0.3, 0.4) is 0 Å². The molecule has 0 aromatic carbocycles. The Kier molecular flexibility index (Phi) is 2.61. The predicted octanol–water partition coefficient (Wildman–Crippen LogP) is 2.23. The molecule has 1 aromatic rings. The van der Waals surface area contributed by atoms with Crippen LogP contribution in [0.2, 0.25) is 0 Å². The molecular weight excluding hydrogens is 212 g/mol. The van der Waals surface area contributed by atoms with E-state index in [1.807, 2.05) is 18.2 Å². The number of carbonyl (C=O) groups is 1. The van der Waals surface area contributed by atoms with Gasteiger partial charge < -0.3 is 4.90 Å². The summed E-state index contributed by atoms with van der Waals surface area (Å²) >= 11 is 0. The van der Waals surface area contributed by atoms with Crippen molar-refractivity contribution in [1.29, 1.82) is 0 Å². The van der Waals surface area contributed by atoms with Crippen molar-refractivity contribution < 1.29 is 4.79 Å². The quantitative estimate of drug-likeness (QED) is 0.794. The lowest BCUT2D eigenvalue weighted by Crippen LogP contribution is -2.34. The summed E-state index contributed by atoms with van der Waals surface area (Å²) in [7, 11) is 0. The molecule has 2 fully saturated rings. The number of hydrogen-bond acceptors (Lipinski definition) is 2. The summed E-state index contributed by atoms with van der Waals surface area (Å²) in [5, 5.41) is 0. The number of rotatable bonds is 4. The molecule has 1 heterocycles. The standard InChI is InChI=1S/C14H18N2O/c1-10-8-13(10)14(17)16(12-5-6-12)9-11-4-2-3-7-15-11/h2-4,7,10,12-13H,5-6,8-9H2,1H3/t10-,13+/m1/s1. The molecule has 0 unspecified atom stereocenters. The zero-order chi connectivity index (χ0) is 11.8. The van der Waals surface area contributed by atoms with Gasteiger partial charge in [0.1, 0.15) is 0 Å². The molecule has 2 aliphatic carbocycles. The summed E-state index contributed by atoms with van der Waals surface area (Å²) in [5.74, 6) is 1.23. The van der Waals surface area contributed by atoms with Gasteiger partial charge in [0.2, 0.25) is 5.91 Å². The number of amides is 1. The first kappa shape index (κ1) is 10.8. The Bertz CT molecular complexity index is 413. The van der Waals surface area contributed by atoms with Crippen LogP contribution in [0.15, 0.2) is 24.4 Å². The van der Waals surface area contributed by atoms with Gasteiger partial charge in [0, 0.05) is 18.2 Å². The van der Waals surface area contributed by atoms with Gasteiger partial charge in [0.15, 0.2) is 0 Å². The van der Waals surface area contributed by atoms with Gasteiger partial charge in [-0.2, -0.15) is 0 Å². The maximum atomic E-state index is 12.3. The molecule has 2 aliphatic rings. The van der Waals surface area contributed by atoms with Crippen molar-refractivity contribution in [3.05, 3.63) is 30.1 Å². The van der Waals surface area contributed by atoms with Crippen molar-refractivity contribution in [2.75, 3.05) is 0 Å². The van der Waals surface area contributed by atoms with Crippen LogP contribution in [0, 0.1) is 11.8 Å². The van der Waals surface area contributed by atoms with Crippen molar-refractivity contribution in [3.8, 4) is 0 Å². The Labute approximate surface area is 102 Å². The average Bonchev–Trinajstić information content (AvgIpc) is 3.22. The minimum Gasteiger partial charge on any atom is -0.334 e. The zero-order valence-electron chi connectivity index (χ0n) is 10.2. The molecule has 0 radical (unpaired) electrons. The molecule has 0 aliphatic heterocycles. The molecule has 0 bridgehead atoms. The smallest absolute Gasteiger partial charge is 0.226 e. The van der Waals surface area contributed by atoms with E-state index in [2.05, 4.69) is 16.8 Å². The van der Waals surface area contributed by atoms with Crippen LogP contribution in [0.25, 0.3) is 0 Å². The molecule has 90 valence electrons. The van der Waals surface area contributed by atoms with Crippen molar-refractivity contribution in [2.45, 2.75) is 38.8 Å². The molecule has 17 heavy (non-hydrogen) atoms. The Morgan fingerprint density at radius 3 is 2.76 bits per heavy atom. The largest absolute Gasteiger partial charge is 0.334 e. The highest BCUT2D eigenvalue weighted by atomic mass is 16.2. The van der Waals surface area contributed by atoms with E-state index in [0.717, 1.165) is 12.1 Å².